The molecule has 0 aliphatic heterocycles. The summed E-state index contributed by atoms with van der Waals surface area (Å²) in [4.78, 5) is 20.8. The third-order valence-corrected chi connectivity index (χ3v) is 3.92. The SMILES string of the molecule is Nc1cccc(C(=O)N[C@H](c2ccccn2)C2CC(O)C2)n1. The molecule has 2 aromatic heterocycles. The van der Waals surface area contributed by atoms with Crippen molar-refractivity contribution in [3.05, 3.63) is 54.0 Å². The number of nitrogens with zero attached hydrogens (tertiary/aromatic N) is 2. The van der Waals surface area contributed by atoms with E-state index in [4.69, 9.17) is 5.73 Å². The van der Waals surface area contributed by atoms with Gasteiger partial charge in [0.25, 0.3) is 5.91 Å². The standard InChI is InChI=1S/C16H18N4O2/c17-14-6-3-5-13(19-14)16(22)20-15(10-8-11(21)9-10)12-4-1-2-7-18-12/h1-7,10-11,15,21H,8-9H2,(H2,17,19)(H,20,22)/t10?,11?,15-/m0/s1. The number of rotatable bonds is 4. The number of nitrogens with one attached hydrogen (secondary N) is 1. The van der Waals surface area contributed by atoms with E-state index < -0.39 is 0 Å². The summed E-state index contributed by atoms with van der Waals surface area (Å²) < 4.78 is 0. The molecule has 22 heavy (non-hydrogen) atoms. The number of aliphatic hydroxyl groups is 1. The fraction of sp³-hybridized carbons (Fsp3) is 0.312. The van der Waals surface area contributed by atoms with Gasteiger partial charge >= 0.3 is 0 Å². The van der Waals surface area contributed by atoms with Crippen molar-refractivity contribution in [2.24, 2.45) is 5.92 Å². The zero-order valence-corrected chi connectivity index (χ0v) is 12.0. The lowest BCUT2D eigenvalue weighted by Gasteiger charge is -2.37. The van der Waals surface area contributed by atoms with E-state index in [9.17, 15) is 9.90 Å². The van der Waals surface area contributed by atoms with Crippen LogP contribution in [0.25, 0.3) is 0 Å². The molecule has 1 amide bonds. The Morgan fingerprint density at radius 3 is 2.73 bits per heavy atom. The minimum Gasteiger partial charge on any atom is -0.393 e. The first-order valence-electron chi connectivity index (χ1n) is 7.26. The third-order valence-electron chi connectivity index (χ3n) is 3.92. The first-order valence-corrected chi connectivity index (χ1v) is 7.26. The Hall–Kier alpha value is -2.47. The van der Waals surface area contributed by atoms with Gasteiger partial charge in [0.1, 0.15) is 11.5 Å². The summed E-state index contributed by atoms with van der Waals surface area (Å²) in [7, 11) is 0. The van der Waals surface area contributed by atoms with Crippen LogP contribution in [0.1, 0.15) is 35.1 Å². The molecule has 2 aromatic rings. The highest BCUT2D eigenvalue weighted by molar-refractivity contribution is 5.92. The van der Waals surface area contributed by atoms with Crippen LogP contribution in [0.3, 0.4) is 0 Å². The van der Waals surface area contributed by atoms with Gasteiger partial charge in [-0.2, -0.15) is 0 Å². The van der Waals surface area contributed by atoms with Crippen LogP contribution in [-0.4, -0.2) is 27.1 Å². The van der Waals surface area contributed by atoms with Crippen LogP contribution < -0.4 is 11.1 Å². The largest absolute Gasteiger partial charge is 0.393 e. The Morgan fingerprint density at radius 2 is 2.09 bits per heavy atom. The van der Waals surface area contributed by atoms with Crippen LogP contribution in [0.2, 0.25) is 0 Å². The van der Waals surface area contributed by atoms with Gasteiger partial charge in [-0.25, -0.2) is 4.98 Å². The van der Waals surface area contributed by atoms with Crippen LogP contribution in [0, 0.1) is 5.92 Å². The van der Waals surface area contributed by atoms with Crippen LogP contribution >= 0.6 is 0 Å². The molecule has 1 aliphatic carbocycles. The molecule has 6 heteroatoms. The molecule has 114 valence electrons. The average molecular weight is 298 g/mol. The average Bonchev–Trinajstić information content (AvgIpc) is 2.50. The number of nitrogen functional groups attached to an aromatic ring is 1. The van der Waals surface area contributed by atoms with E-state index in [1.807, 2.05) is 18.2 Å². The van der Waals surface area contributed by atoms with Crippen LogP contribution in [-0.2, 0) is 0 Å². The first-order chi connectivity index (χ1) is 10.6. The van der Waals surface area contributed by atoms with E-state index in [-0.39, 0.29) is 29.7 Å². The molecule has 0 radical (unpaired) electrons. The number of aliphatic hydroxyl groups excluding tert-OH is 1. The smallest absolute Gasteiger partial charge is 0.270 e. The lowest BCUT2D eigenvalue weighted by Crippen LogP contribution is -2.42. The zero-order chi connectivity index (χ0) is 15.5. The Labute approximate surface area is 128 Å². The molecule has 4 N–H and O–H groups in total. The molecular formula is C16H18N4O2. The fourth-order valence-corrected chi connectivity index (χ4v) is 2.69. The summed E-state index contributed by atoms with van der Waals surface area (Å²) in [5.41, 5.74) is 6.68. The molecule has 3 rings (SSSR count). The minimum atomic E-state index is -0.293. The van der Waals surface area contributed by atoms with Crippen molar-refractivity contribution >= 4 is 11.7 Å². The van der Waals surface area contributed by atoms with E-state index in [0.29, 0.717) is 18.7 Å². The molecule has 0 unspecified atom stereocenters. The predicted molar refractivity (Wildman–Crippen MR) is 81.8 cm³/mol. The lowest BCUT2D eigenvalue weighted by atomic mass is 9.76. The summed E-state index contributed by atoms with van der Waals surface area (Å²) in [5, 5.41) is 12.5. The number of carbonyl (C=O) groups is 1. The molecule has 0 saturated heterocycles. The zero-order valence-electron chi connectivity index (χ0n) is 12.0. The number of hydrogen-bond donors (Lipinski definition) is 3. The van der Waals surface area contributed by atoms with Crippen LogP contribution in [0.4, 0.5) is 5.82 Å². The van der Waals surface area contributed by atoms with E-state index in [1.54, 1.807) is 24.4 Å². The maximum Gasteiger partial charge on any atom is 0.270 e. The molecule has 0 aromatic carbocycles. The Balaban J connectivity index is 1.79. The van der Waals surface area contributed by atoms with Gasteiger partial charge < -0.3 is 16.2 Å². The quantitative estimate of drug-likeness (QED) is 0.790. The Bertz CT molecular complexity index is 656. The number of aromatic nitrogens is 2. The summed E-state index contributed by atoms with van der Waals surface area (Å²) in [6.07, 6.45) is 2.72. The topological polar surface area (TPSA) is 101 Å². The highest BCUT2D eigenvalue weighted by Crippen LogP contribution is 2.37. The summed E-state index contributed by atoms with van der Waals surface area (Å²) in [6, 6.07) is 10.3. The van der Waals surface area contributed by atoms with E-state index in [0.717, 1.165) is 5.69 Å². The van der Waals surface area contributed by atoms with Crippen molar-refractivity contribution in [1.82, 2.24) is 15.3 Å². The van der Waals surface area contributed by atoms with Gasteiger partial charge in [-0.05, 0) is 43.0 Å². The molecule has 0 spiro atoms. The summed E-state index contributed by atoms with van der Waals surface area (Å²) in [5.74, 6) is 0.195. The maximum absolute atomic E-state index is 12.4. The molecule has 1 fully saturated rings. The van der Waals surface area contributed by atoms with Crippen LogP contribution in [0.5, 0.6) is 0 Å². The highest BCUT2D eigenvalue weighted by atomic mass is 16.3. The van der Waals surface area contributed by atoms with Gasteiger partial charge in [0, 0.05) is 6.20 Å². The maximum atomic E-state index is 12.4. The van der Waals surface area contributed by atoms with E-state index in [1.165, 1.54) is 0 Å². The second-order valence-corrected chi connectivity index (χ2v) is 5.54. The second-order valence-electron chi connectivity index (χ2n) is 5.54. The Morgan fingerprint density at radius 1 is 1.27 bits per heavy atom. The number of nitrogens with two attached hydrogens (primary N) is 1. The van der Waals surface area contributed by atoms with E-state index in [2.05, 4.69) is 15.3 Å². The Kier molecular flexibility index (Phi) is 4.02. The van der Waals surface area contributed by atoms with Crippen molar-refractivity contribution in [3.8, 4) is 0 Å². The highest BCUT2D eigenvalue weighted by Gasteiger charge is 2.36. The molecule has 0 bridgehead atoms. The fourth-order valence-electron chi connectivity index (χ4n) is 2.69. The minimum absolute atomic E-state index is 0.176. The van der Waals surface area contributed by atoms with Gasteiger partial charge in [0.2, 0.25) is 0 Å². The van der Waals surface area contributed by atoms with Gasteiger partial charge in [-0.1, -0.05) is 12.1 Å². The monoisotopic (exact) mass is 298 g/mol. The number of hydrogen-bond acceptors (Lipinski definition) is 5. The summed E-state index contributed by atoms with van der Waals surface area (Å²) in [6.45, 7) is 0. The van der Waals surface area contributed by atoms with E-state index >= 15 is 0 Å². The second kappa shape index (κ2) is 6.11. The van der Waals surface area contributed by atoms with Crippen molar-refractivity contribution in [1.29, 1.82) is 0 Å². The predicted octanol–water partition coefficient (Wildman–Crippen LogP) is 1.30. The number of anilines is 1. The van der Waals surface area contributed by atoms with Crippen molar-refractivity contribution < 1.29 is 9.90 Å². The molecule has 1 aliphatic rings. The number of carbonyl (C=O) groups excluding carboxylic acids is 1. The van der Waals surface area contributed by atoms with Crippen molar-refractivity contribution in [2.75, 3.05) is 5.73 Å². The van der Waals surface area contributed by atoms with Gasteiger partial charge in [-0.15, -0.1) is 0 Å². The summed E-state index contributed by atoms with van der Waals surface area (Å²) >= 11 is 0. The van der Waals surface area contributed by atoms with Crippen molar-refractivity contribution in [2.45, 2.75) is 25.0 Å². The molecule has 1 atom stereocenters. The molecule has 1 saturated carbocycles. The van der Waals surface area contributed by atoms with Gasteiger partial charge in [0.15, 0.2) is 0 Å². The van der Waals surface area contributed by atoms with Gasteiger partial charge in [-0.3, -0.25) is 9.78 Å². The molecular weight excluding hydrogens is 280 g/mol. The first kappa shape index (κ1) is 14.5. The molecule has 2 heterocycles. The lowest BCUT2D eigenvalue weighted by molar-refractivity contribution is 0.0228. The third kappa shape index (κ3) is 3.07. The van der Waals surface area contributed by atoms with Crippen LogP contribution in [0.15, 0.2) is 42.6 Å². The van der Waals surface area contributed by atoms with Crippen molar-refractivity contribution in [3.63, 3.8) is 0 Å². The number of amides is 1. The normalized spacial score (nSPS) is 21.7. The number of pyridine rings is 2. The molecule has 6 nitrogen and oxygen atoms in total. The van der Waals surface area contributed by atoms with Gasteiger partial charge in [0.05, 0.1) is 17.8 Å².